The van der Waals surface area contributed by atoms with Crippen molar-refractivity contribution in [3.05, 3.63) is 77.5 Å². The number of hydrogen-bond donors (Lipinski definition) is 0. The SMILES string of the molecule is C=CCCCOc1ccc2c(=O)cc(-c3ccccc3)oc2c1. The smallest absolute Gasteiger partial charge is 0.193 e. The zero-order chi connectivity index (χ0) is 16.1. The number of rotatable bonds is 6. The van der Waals surface area contributed by atoms with Crippen LogP contribution in [-0.4, -0.2) is 6.61 Å². The van der Waals surface area contributed by atoms with Crippen LogP contribution in [0.4, 0.5) is 0 Å². The highest BCUT2D eigenvalue weighted by Gasteiger charge is 2.08. The lowest BCUT2D eigenvalue weighted by molar-refractivity contribution is 0.312. The molecule has 0 amide bonds. The van der Waals surface area contributed by atoms with Crippen LogP contribution in [0.2, 0.25) is 0 Å². The fraction of sp³-hybridized carbons (Fsp3) is 0.150. The van der Waals surface area contributed by atoms with Crippen molar-refractivity contribution in [2.24, 2.45) is 0 Å². The highest BCUT2D eigenvalue weighted by atomic mass is 16.5. The van der Waals surface area contributed by atoms with Gasteiger partial charge in [-0.15, -0.1) is 6.58 Å². The number of ether oxygens (including phenoxy) is 1. The van der Waals surface area contributed by atoms with Gasteiger partial charge in [0.1, 0.15) is 17.1 Å². The third-order valence-corrected chi connectivity index (χ3v) is 3.58. The van der Waals surface area contributed by atoms with E-state index in [0.717, 1.165) is 18.4 Å². The molecule has 0 atom stereocenters. The summed E-state index contributed by atoms with van der Waals surface area (Å²) < 4.78 is 11.6. The average Bonchev–Trinajstić information content (AvgIpc) is 2.59. The summed E-state index contributed by atoms with van der Waals surface area (Å²) in [5.74, 6) is 1.27. The molecule has 0 aliphatic heterocycles. The molecule has 0 N–H and O–H groups in total. The molecule has 116 valence electrons. The fourth-order valence-electron chi connectivity index (χ4n) is 2.39. The lowest BCUT2D eigenvalue weighted by Gasteiger charge is -2.07. The van der Waals surface area contributed by atoms with Gasteiger partial charge in [-0.2, -0.15) is 0 Å². The van der Waals surface area contributed by atoms with Crippen LogP contribution in [0.15, 0.2) is 76.5 Å². The Kier molecular flexibility index (Phi) is 4.57. The van der Waals surface area contributed by atoms with Gasteiger partial charge in [0.05, 0.1) is 12.0 Å². The highest BCUT2D eigenvalue weighted by Crippen LogP contribution is 2.24. The van der Waals surface area contributed by atoms with Crippen molar-refractivity contribution in [1.29, 1.82) is 0 Å². The van der Waals surface area contributed by atoms with Gasteiger partial charge in [-0.05, 0) is 25.0 Å². The molecule has 0 radical (unpaired) electrons. The molecule has 1 heterocycles. The van der Waals surface area contributed by atoms with Gasteiger partial charge in [0.25, 0.3) is 0 Å². The van der Waals surface area contributed by atoms with Crippen LogP contribution in [0.25, 0.3) is 22.3 Å². The Morgan fingerprint density at radius 1 is 1.09 bits per heavy atom. The molecule has 1 aromatic heterocycles. The van der Waals surface area contributed by atoms with E-state index in [1.807, 2.05) is 36.4 Å². The summed E-state index contributed by atoms with van der Waals surface area (Å²) in [4.78, 5) is 12.3. The molecule has 0 aliphatic rings. The first kappa shape index (κ1) is 15.1. The highest BCUT2D eigenvalue weighted by molar-refractivity contribution is 5.80. The predicted molar refractivity (Wildman–Crippen MR) is 92.8 cm³/mol. The summed E-state index contributed by atoms with van der Waals surface area (Å²) in [6.07, 6.45) is 3.70. The van der Waals surface area contributed by atoms with E-state index in [4.69, 9.17) is 9.15 Å². The molecule has 0 saturated carbocycles. The second-order valence-corrected chi connectivity index (χ2v) is 5.28. The molecule has 0 aliphatic carbocycles. The maximum absolute atomic E-state index is 12.3. The summed E-state index contributed by atoms with van der Waals surface area (Å²) in [6.45, 7) is 4.30. The van der Waals surface area contributed by atoms with E-state index in [1.54, 1.807) is 18.2 Å². The van der Waals surface area contributed by atoms with Gasteiger partial charge in [-0.3, -0.25) is 4.79 Å². The van der Waals surface area contributed by atoms with Crippen molar-refractivity contribution in [3.63, 3.8) is 0 Å². The molecule has 3 nitrogen and oxygen atoms in total. The van der Waals surface area contributed by atoms with Crippen LogP contribution >= 0.6 is 0 Å². The Morgan fingerprint density at radius 3 is 2.70 bits per heavy atom. The summed E-state index contributed by atoms with van der Waals surface area (Å²) in [5, 5.41) is 0.558. The largest absolute Gasteiger partial charge is 0.493 e. The first-order valence-electron chi connectivity index (χ1n) is 7.65. The quantitative estimate of drug-likeness (QED) is 0.485. The molecule has 0 fully saturated rings. The van der Waals surface area contributed by atoms with E-state index in [0.29, 0.717) is 29.1 Å². The molecular formula is C20H18O3. The molecule has 23 heavy (non-hydrogen) atoms. The van der Waals surface area contributed by atoms with Crippen LogP contribution in [0.5, 0.6) is 5.75 Å². The predicted octanol–water partition coefficient (Wildman–Crippen LogP) is 4.81. The minimum absolute atomic E-state index is 0.0525. The number of hydrogen-bond acceptors (Lipinski definition) is 3. The minimum Gasteiger partial charge on any atom is -0.493 e. The number of allylic oxidation sites excluding steroid dienone is 1. The van der Waals surface area contributed by atoms with Crippen molar-refractivity contribution in [2.75, 3.05) is 6.61 Å². The van der Waals surface area contributed by atoms with Gasteiger partial charge in [-0.25, -0.2) is 0 Å². The maximum atomic E-state index is 12.3. The minimum atomic E-state index is -0.0525. The van der Waals surface area contributed by atoms with E-state index in [-0.39, 0.29) is 5.43 Å². The third kappa shape index (κ3) is 3.51. The van der Waals surface area contributed by atoms with Crippen molar-refractivity contribution in [1.82, 2.24) is 0 Å². The van der Waals surface area contributed by atoms with Gasteiger partial charge in [0.2, 0.25) is 0 Å². The Morgan fingerprint density at radius 2 is 1.91 bits per heavy atom. The van der Waals surface area contributed by atoms with E-state index in [2.05, 4.69) is 6.58 Å². The molecule has 3 heteroatoms. The van der Waals surface area contributed by atoms with Gasteiger partial charge in [0.15, 0.2) is 5.43 Å². The van der Waals surface area contributed by atoms with E-state index >= 15 is 0 Å². The van der Waals surface area contributed by atoms with Crippen molar-refractivity contribution in [2.45, 2.75) is 12.8 Å². The molecule has 0 spiro atoms. The summed E-state index contributed by atoms with van der Waals surface area (Å²) >= 11 is 0. The lowest BCUT2D eigenvalue weighted by atomic mass is 10.1. The van der Waals surface area contributed by atoms with Crippen molar-refractivity contribution in [3.8, 4) is 17.1 Å². The monoisotopic (exact) mass is 306 g/mol. The first-order valence-corrected chi connectivity index (χ1v) is 7.65. The first-order chi connectivity index (χ1) is 11.3. The molecule has 3 aromatic rings. The molecule has 3 rings (SSSR count). The number of fused-ring (bicyclic) bond motifs is 1. The number of unbranched alkanes of at least 4 members (excludes halogenated alkanes) is 1. The van der Waals surface area contributed by atoms with Gasteiger partial charge < -0.3 is 9.15 Å². The summed E-state index contributed by atoms with van der Waals surface area (Å²) in [6, 6.07) is 16.4. The van der Waals surface area contributed by atoms with Gasteiger partial charge in [0, 0.05) is 17.7 Å². The molecule has 0 unspecified atom stereocenters. The van der Waals surface area contributed by atoms with E-state index in [9.17, 15) is 4.79 Å². The maximum Gasteiger partial charge on any atom is 0.193 e. The Hall–Kier alpha value is -2.81. The van der Waals surface area contributed by atoms with E-state index < -0.39 is 0 Å². The molecule has 0 saturated heterocycles. The molecule has 0 bridgehead atoms. The van der Waals surface area contributed by atoms with Crippen LogP contribution in [0, 0.1) is 0 Å². The Labute approximate surface area is 134 Å². The third-order valence-electron chi connectivity index (χ3n) is 3.58. The summed E-state index contributed by atoms with van der Waals surface area (Å²) in [7, 11) is 0. The van der Waals surface area contributed by atoms with Crippen molar-refractivity contribution < 1.29 is 9.15 Å². The molecule has 2 aromatic carbocycles. The Balaban J connectivity index is 1.94. The van der Waals surface area contributed by atoms with Crippen LogP contribution < -0.4 is 10.2 Å². The van der Waals surface area contributed by atoms with Crippen LogP contribution in [-0.2, 0) is 0 Å². The van der Waals surface area contributed by atoms with Crippen LogP contribution in [0.1, 0.15) is 12.8 Å². The standard InChI is InChI=1S/C20H18O3/c1-2-3-7-12-22-16-10-11-17-18(21)14-19(23-20(17)13-16)15-8-5-4-6-9-15/h2,4-6,8-11,13-14H,1,3,7,12H2. The fourth-order valence-corrected chi connectivity index (χ4v) is 2.39. The average molecular weight is 306 g/mol. The van der Waals surface area contributed by atoms with Crippen LogP contribution in [0.3, 0.4) is 0 Å². The normalized spacial score (nSPS) is 10.6. The lowest BCUT2D eigenvalue weighted by Crippen LogP contribution is -2.01. The van der Waals surface area contributed by atoms with Gasteiger partial charge in [-0.1, -0.05) is 36.4 Å². The van der Waals surface area contributed by atoms with Crippen molar-refractivity contribution >= 4 is 11.0 Å². The topological polar surface area (TPSA) is 39.4 Å². The van der Waals surface area contributed by atoms with E-state index in [1.165, 1.54) is 6.07 Å². The summed E-state index contributed by atoms with van der Waals surface area (Å²) in [5.41, 5.74) is 1.37. The van der Waals surface area contributed by atoms with Gasteiger partial charge >= 0.3 is 0 Å². The number of benzene rings is 2. The molecular weight excluding hydrogens is 288 g/mol. The zero-order valence-electron chi connectivity index (χ0n) is 12.8. The zero-order valence-corrected chi connectivity index (χ0v) is 12.8. The second kappa shape index (κ2) is 6.97. The second-order valence-electron chi connectivity index (χ2n) is 5.28. The Bertz CT molecular complexity index is 863.